The Kier molecular flexibility index (Phi) is 8.68. The monoisotopic (exact) mass is 238 g/mol. The molecule has 1 aromatic carbocycles. The van der Waals surface area contributed by atoms with Crippen molar-refractivity contribution in [1.29, 1.82) is 0 Å². The predicted octanol–water partition coefficient (Wildman–Crippen LogP) is 1.81. The molecular formula is C14H26N2O. The molecule has 0 aliphatic carbocycles. The summed E-state index contributed by atoms with van der Waals surface area (Å²) in [5, 5.41) is 7.57. The second kappa shape index (κ2) is 9.16. The van der Waals surface area contributed by atoms with Crippen molar-refractivity contribution in [3.63, 3.8) is 0 Å². The van der Waals surface area contributed by atoms with E-state index in [9.17, 15) is 0 Å². The van der Waals surface area contributed by atoms with E-state index in [4.69, 9.17) is 5.11 Å². The van der Waals surface area contributed by atoms with Crippen LogP contribution < -0.4 is 0 Å². The molecule has 0 saturated carbocycles. The van der Waals surface area contributed by atoms with Gasteiger partial charge in [0, 0.05) is 19.7 Å². The molecule has 0 amide bonds. The molecule has 1 N–H and O–H groups in total. The molecule has 1 aromatic rings. The van der Waals surface area contributed by atoms with Gasteiger partial charge in [0.25, 0.3) is 0 Å². The molecule has 98 valence electrons. The van der Waals surface area contributed by atoms with Gasteiger partial charge < -0.3 is 14.9 Å². The van der Waals surface area contributed by atoms with E-state index in [0.717, 1.165) is 13.1 Å². The first-order valence-corrected chi connectivity index (χ1v) is 5.98. The molecule has 0 unspecified atom stereocenters. The van der Waals surface area contributed by atoms with Gasteiger partial charge in [-0.1, -0.05) is 24.3 Å². The van der Waals surface area contributed by atoms with Crippen molar-refractivity contribution in [2.24, 2.45) is 0 Å². The molecule has 0 aliphatic heterocycles. The third-order valence-corrected chi connectivity index (χ3v) is 2.09. The van der Waals surface area contributed by atoms with E-state index >= 15 is 0 Å². The summed E-state index contributed by atoms with van der Waals surface area (Å²) in [7, 11) is 8.41. The Morgan fingerprint density at radius 2 is 1.18 bits per heavy atom. The van der Waals surface area contributed by atoms with Crippen LogP contribution in [-0.4, -0.2) is 49.7 Å². The molecular weight excluding hydrogens is 212 g/mol. The standard InChI is InChI=1S/C12H20N2.C2H6O/c1-13(2)9-11-7-5-6-8-12(11)10-14(3)4;1-2-3/h5-8H,9-10H2,1-4H3;3H,2H2,1H3. The average molecular weight is 238 g/mol. The molecule has 1 rings (SSSR count). The fourth-order valence-corrected chi connectivity index (χ4v) is 1.55. The molecule has 0 fully saturated rings. The SMILES string of the molecule is CCO.CN(C)Cc1ccccc1CN(C)C. The zero-order valence-electron chi connectivity index (χ0n) is 11.8. The Morgan fingerprint density at radius 1 is 0.882 bits per heavy atom. The molecule has 0 bridgehead atoms. The van der Waals surface area contributed by atoms with Crippen LogP contribution in [0.3, 0.4) is 0 Å². The molecule has 3 heteroatoms. The Hall–Kier alpha value is -0.900. The number of rotatable bonds is 4. The van der Waals surface area contributed by atoms with Crippen LogP contribution in [0, 0.1) is 0 Å². The van der Waals surface area contributed by atoms with E-state index in [-0.39, 0.29) is 6.61 Å². The van der Waals surface area contributed by atoms with E-state index in [0.29, 0.717) is 0 Å². The summed E-state index contributed by atoms with van der Waals surface area (Å²) in [6.07, 6.45) is 0. The number of hydrogen-bond acceptors (Lipinski definition) is 3. The smallest absolute Gasteiger partial charge is 0.0402 e. The van der Waals surface area contributed by atoms with Crippen molar-refractivity contribution in [3.05, 3.63) is 35.4 Å². The van der Waals surface area contributed by atoms with Crippen LogP contribution in [0.4, 0.5) is 0 Å². The molecule has 17 heavy (non-hydrogen) atoms. The highest BCUT2D eigenvalue weighted by Gasteiger charge is 2.03. The van der Waals surface area contributed by atoms with Gasteiger partial charge in [0.2, 0.25) is 0 Å². The maximum atomic E-state index is 7.57. The largest absolute Gasteiger partial charge is 0.397 e. The second-order valence-corrected chi connectivity index (χ2v) is 4.56. The molecule has 0 saturated heterocycles. The molecule has 0 spiro atoms. The van der Waals surface area contributed by atoms with Crippen molar-refractivity contribution in [1.82, 2.24) is 9.80 Å². The maximum Gasteiger partial charge on any atom is 0.0402 e. The van der Waals surface area contributed by atoms with Crippen LogP contribution in [0.1, 0.15) is 18.1 Å². The van der Waals surface area contributed by atoms with Crippen LogP contribution in [0.5, 0.6) is 0 Å². The maximum absolute atomic E-state index is 7.57. The third kappa shape index (κ3) is 7.91. The Bertz CT molecular complexity index is 269. The summed E-state index contributed by atoms with van der Waals surface area (Å²) in [4.78, 5) is 4.41. The molecule has 0 atom stereocenters. The van der Waals surface area contributed by atoms with Crippen molar-refractivity contribution < 1.29 is 5.11 Å². The van der Waals surface area contributed by atoms with Crippen molar-refractivity contribution >= 4 is 0 Å². The summed E-state index contributed by atoms with van der Waals surface area (Å²) in [6.45, 7) is 3.97. The van der Waals surface area contributed by atoms with E-state index in [1.54, 1.807) is 6.92 Å². The lowest BCUT2D eigenvalue weighted by Gasteiger charge is -2.16. The van der Waals surface area contributed by atoms with Gasteiger partial charge in [0.15, 0.2) is 0 Å². The first-order chi connectivity index (χ1) is 8.01. The van der Waals surface area contributed by atoms with Crippen LogP contribution in [0.25, 0.3) is 0 Å². The minimum absolute atomic E-state index is 0.250. The zero-order chi connectivity index (χ0) is 13.3. The minimum Gasteiger partial charge on any atom is -0.397 e. The summed E-state index contributed by atoms with van der Waals surface area (Å²) in [5.74, 6) is 0. The van der Waals surface area contributed by atoms with E-state index in [2.05, 4.69) is 62.3 Å². The topological polar surface area (TPSA) is 26.7 Å². The highest BCUT2D eigenvalue weighted by Crippen LogP contribution is 2.11. The summed E-state index contributed by atoms with van der Waals surface area (Å²) >= 11 is 0. The molecule has 0 aromatic heterocycles. The van der Waals surface area contributed by atoms with Gasteiger partial charge in [-0.2, -0.15) is 0 Å². The third-order valence-electron chi connectivity index (χ3n) is 2.09. The fourth-order valence-electron chi connectivity index (χ4n) is 1.55. The van der Waals surface area contributed by atoms with Crippen molar-refractivity contribution in [3.8, 4) is 0 Å². The van der Waals surface area contributed by atoms with Gasteiger partial charge in [0.1, 0.15) is 0 Å². The number of benzene rings is 1. The average Bonchev–Trinajstić information content (AvgIpc) is 2.20. The predicted molar refractivity (Wildman–Crippen MR) is 74.0 cm³/mol. The van der Waals surface area contributed by atoms with Gasteiger partial charge >= 0.3 is 0 Å². The lowest BCUT2D eigenvalue weighted by Crippen LogP contribution is -2.16. The second-order valence-electron chi connectivity index (χ2n) is 4.56. The molecule has 0 heterocycles. The number of nitrogens with zero attached hydrogens (tertiary/aromatic N) is 2. The highest BCUT2D eigenvalue weighted by molar-refractivity contribution is 5.26. The lowest BCUT2D eigenvalue weighted by atomic mass is 10.1. The van der Waals surface area contributed by atoms with Crippen molar-refractivity contribution in [2.75, 3.05) is 34.8 Å². The zero-order valence-corrected chi connectivity index (χ0v) is 11.8. The van der Waals surface area contributed by atoms with Gasteiger partial charge in [-0.25, -0.2) is 0 Å². The number of aliphatic hydroxyl groups excluding tert-OH is 1. The summed E-state index contributed by atoms with van der Waals surface area (Å²) < 4.78 is 0. The Morgan fingerprint density at radius 3 is 1.41 bits per heavy atom. The Labute approximate surface area is 106 Å². The highest BCUT2D eigenvalue weighted by atomic mass is 16.2. The van der Waals surface area contributed by atoms with Gasteiger partial charge in [-0.3, -0.25) is 0 Å². The quantitative estimate of drug-likeness (QED) is 0.866. The van der Waals surface area contributed by atoms with Crippen LogP contribution >= 0.6 is 0 Å². The van der Waals surface area contributed by atoms with E-state index in [1.807, 2.05) is 0 Å². The number of aliphatic hydroxyl groups is 1. The first-order valence-electron chi connectivity index (χ1n) is 5.98. The minimum atomic E-state index is 0.250. The molecule has 0 radical (unpaired) electrons. The first kappa shape index (κ1) is 16.1. The fraction of sp³-hybridized carbons (Fsp3) is 0.571. The normalized spacial score (nSPS) is 10.4. The lowest BCUT2D eigenvalue weighted by molar-refractivity contribution is 0.318. The van der Waals surface area contributed by atoms with Gasteiger partial charge in [0.05, 0.1) is 0 Å². The van der Waals surface area contributed by atoms with Crippen LogP contribution in [-0.2, 0) is 13.1 Å². The van der Waals surface area contributed by atoms with Gasteiger partial charge in [-0.15, -0.1) is 0 Å². The van der Waals surface area contributed by atoms with Crippen LogP contribution in [0.15, 0.2) is 24.3 Å². The number of hydrogen-bond donors (Lipinski definition) is 1. The van der Waals surface area contributed by atoms with Gasteiger partial charge in [-0.05, 0) is 46.2 Å². The van der Waals surface area contributed by atoms with E-state index in [1.165, 1.54) is 11.1 Å². The summed E-state index contributed by atoms with van der Waals surface area (Å²) in [5.41, 5.74) is 2.84. The molecule has 3 nitrogen and oxygen atoms in total. The van der Waals surface area contributed by atoms with Crippen molar-refractivity contribution in [2.45, 2.75) is 20.0 Å². The Balaban J connectivity index is 0.000000770. The van der Waals surface area contributed by atoms with Crippen LogP contribution in [0.2, 0.25) is 0 Å². The summed E-state index contributed by atoms with van der Waals surface area (Å²) in [6, 6.07) is 8.63. The molecule has 0 aliphatic rings. The van der Waals surface area contributed by atoms with E-state index < -0.39 is 0 Å².